The quantitative estimate of drug-likeness (QED) is 0.538. The van der Waals surface area contributed by atoms with Crippen molar-refractivity contribution in [2.75, 3.05) is 6.61 Å². The van der Waals surface area contributed by atoms with E-state index in [1.165, 1.54) is 44.9 Å². The van der Waals surface area contributed by atoms with E-state index >= 15 is 0 Å². The van der Waals surface area contributed by atoms with E-state index in [9.17, 15) is 0 Å². The topological polar surface area (TPSA) is 9.23 Å². The van der Waals surface area contributed by atoms with Crippen molar-refractivity contribution in [1.82, 2.24) is 0 Å². The zero-order valence-corrected chi connectivity index (χ0v) is 12.6. The third kappa shape index (κ3) is 5.16. The molecule has 0 saturated heterocycles. The highest BCUT2D eigenvalue weighted by molar-refractivity contribution is 5.97. The summed E-state index contributed by atoms with van der Waals surface area (Å²) in [4.78, 5) is 0. The van der Waals surface area contributed by atoms with Crippen LogP contribution in [0.4, 0.5) is 0 Å². The van der Waals surface area contributed by atoms with Crippen LogP contribution in [0.2, 0.25) is 0 Å². The summed E-state index contributed by atoms with van der Waals surface area (Å²) in [6, 6.07) is 0. The highest BCUT2D eigenvalue weighted by Gasteiger charge is 2.26. The van der Waals surface area contributed by atoms with Gasteiger partial charge in [-0.3, -0.25) is 0 Å². The molecule has 0 heterocycles. The fourth-order valence-corrected chi connectivity index (χ4v) is 2.75. The molecule has 0 radical (unpaired) electrons. The molecule has 0 spiro atoms. The lowest BCUT2D eigenvalue weighted by Crippen LogP contribution is -2.26. The van der Waals surface area contributed by atoms with Gasteiger partial charge in [-0.15, -0.1) is 0 Å². The molecule has 0 N–H and O–H groups in total. The smallest absolute Gasteiger partial charge is 0.145 e. The van der Waals surface area contributed by atoms with E-state index in [1.807, 2.05) is 0 Å². The van der Waals surface area contributed by atoms with Crippen molar-refractivity contribution in [3.8, 4) is 0 Å². The minimum Gasteiger partial charge on any atom is -0.427 e. The van der Waals surface area contributed by atoms with E-state index in [0.29, 0.717) is 5.41 Å². The molecule has 0 saturated carbocycles. The van der Waals surface area contributed by atoms with Crippen molar-refractivity contribution in [3.63, 3.8) is 0 Å². The molecule has 2 heteroatoms. The predicted molar refractivity (Wildman–Crippen MR) is 67.7 cm³/mol. The van der Waals surface area contributed by atoms with Crippen LogP contribution in [0.15, 0.2) is 0 Å². The second-order valence-corrected chi connectivity index (χ2v) is 5.07. The summed E-state index contributed by atoms with van der Waals surface area (Å²) in [5.74, 6) is 0. The Morgan fingerprint density at radius 2 is 1.50 bits per heavy atom. The Bertz CT molecular complexity index is 117. The van der Waals surface area contributed by atoms with E-state index < -0.39 is 0 Å². The third-order valence-electron chi connectivity index (χ3n) is 3.32. The van der Waals surface area contributed by atoms with Crippen LogP contribution in [0, 0.1) is 5.41 Å². The molecule has 0 unspecified atom stereocenters. The van der Waals surface area contributed by atoms with Gasteiger partial charge in [0.05, 0.1) is 0 Å². The first-order chi connectivity index (χ1) is 6.74. The molecule has 0 fully saturated rings. The molecule has 0 aromatic heterocycles. The van der Waals surface area contributed by atoms with Gasteiger partial charge in [0.25, 0.3) is 0 Å². The third-order valence-corrected chi connectivity index (χ3v) is 3.61. The maximum Gasteiger partial charge on any atom is 0.145 e. The zero-order valence-electron chi connectivity index (χ0n) is 10.6. The first-order valence-electron chi connectivity index (χ1n) is 6.23. The summed E-state index contributed by atoms with van der Waals surface area (Å²) in [5, 5.41) is 0. The van der Waals surface area contributed by atoms with Gasteiger partial charge in [-0.2, -0.15) is 0 Å². The van der Waals surface area contributed by atoms with E-state index in [-0.39, 0.29) is 0 Å². The van der Waals surface area contributed by atoms with Crippen LogP contribution in [0.1, 0.15) is 65.7 Å². The van der Waals surface area contributed by atoms with Crippen molar-refractivity contribution in [2.24, 2.45) is 5.41 Å². The number of hydrogen-bond donors (Lipinski definition) is 0. The summed E-state index contributed by atoms with van der Waals surface area (Å²) in [5.41, 5.74) is 0.508. The van der Waals surface area contributed by atoms with Crippen molar-refractivity contribution >= 4 is 10.5 Å². The molecule has 0 amide bonds. The second kappa shape index (κ2) is 8.48. The predicted octanol–water partition coefficient (Wildman–Crippen LogP) is 3.06. The monoisotopic (exact) mass is 216 g/mol. The lowest BCUT2D eigenvalue weighted by atomic mass is 9.77. The number of rotatable bonds is 9. The van der Waals surface area contributed by atoms with Gasteiger partial charge in [-0.05, 0) is 24.7 Å². The molecule has 0 aromatic rings. The van der Waals surface area contributed by atoms with Gasteiger partial charge in [0, 0.05) is 6.61 Å². The Kier molecular flexibility index (Phi) is 8.59. The molecule has 0 rings (SSSR count). The van der Waals surface area contributed by atoms with E-state index in [0.717, 1.165) is 17.1 Å². The van der Waals surface area contributed by atoms with Crippen molar-refractivity contribution in [3.05, 3.63) is 0 Å². The Morgan fingerprint density at radius 1 is 1.00 bits per heavy atom. The highest BCUT2D eigenvalue weighted by Crippen LogP contribution is 2.34. The molecule has 0 atom stereocenters. The van der Waals surface area contributed by atoms with Crippen LogP contribution in [-0.4, -0.2) is 17.1 Å². The molecular weight excluding hydrogens is 188 g/mol. The molecule has 14 heavy (non-hydrogen) atoms. The van der Waals surface area contributed by atoms with Gasteiger partial charge in [0.1, 0.15) is 10.5 Å². The Labute approximate surface area is 93.2 Å². The minimum absolute atomic E-state index is 0.508. The summed E-state index contributed by atoms with van der Waals surface area (Å²) in [6.45, 7) is 7.89. The lowest BCUT2D eigenvalue weighted by molar-refractivity contribution is 0.118. The zero-order chi connectivity index (χ0) is 10.9. The molecule has 0 aromatic carbocycles. The minimum atomic E-state index is 0.508. The van der Waals surface area contributed by atoms with Crippen LogP contribution < -0.4 is 0 Å². The van der Waals surface area contributed by atoms with Gasteiger partial charge in [0.15, 0.2) is 0 Å². The average Bonchev–Trinajstić information content (AvgIpc) is 2.22. The molecular formula is C12H28OSi. The van der Waals surface area contributed by atoms with Crippen molar-refractivity contribution in [1.29, 1.82) is 0 Å². The SMILES string of the molecule is CCCCC(CC)(CCCC)CO[SiH3]. The maximum absolute atomic E-state index is 5.53. The lowest BCUT2D eigenvalue weighted by Gasteiger charge is -2.32. The summed E-state index contributed by atoms with van der Waals surface area (Å²) in [6.07, 6.45) is 9.37. The normalized spacial score (nSPS) is 12.2. The molecule has 0 aliphatic heterocycles. The first-order valence-corrected chi connectivity index (χ1v) is 7.05. The molecule has 0 aliphatic rings. The Balaban J connectivity index is 4.11. The van der Waals surface area contributed by atoms with Gasteiger partial charge in [-0.1, -0.05) is 46.5 Å². The van der Waals surface area contributed by atoms with E-state index in [4.69, 9.17) is 4.43 Å². The molecule has 86 valence electrons. The molecule has 0 aliphatic carbocycles. The maximum atomic E-state index is 5.53. The van der Waals surface area contributed by atoms with Gasteiger partial charge in [0.2, 0.25) is 0 Å². The van der Waals surface area contributed by atoms with Crippen LogP contribution in [0.5, 0.6) is 0 Å². The molecule has 0 bridgehead atoms. The van der Waals surface area contributed by atoms with Gasteiger partial charge in [-0.25, -0.2) is 0 Å². The summed E-state index contributed by atoms with van der Waals surface area (Å²) >= 11 is 0. The van der Waals surface area contributed by atoms with Crippen LogP contribution in [0.3, 0.4) is 0 Å². The highest BCUT2D eigenvalue weighted by atomic mass is 28.2. The van der Waals surface area contributed by atoms with Crippen molar-refractivity contribution in [2.45, 2.75) is 65.7 Å². The van der Waals surface area contributed by atoms with Crippen molar-refractivity contribution < 1.29 is 4.43 Å². The summed E-state index contributed by atoms with van der Waals surface area (Å²) in [7, 11) is 0.892. The van der Waals surface area contributed by atoms with Gasteiger partial charge >= 0.3 is 0 Å². The van der Waals surface area contributed by atoms with E-state index in [2.05, 4.69) is 20.8 Å². The fraction of sp³-hybridized carbons (Fsp3) is 1.00. The summed E-state index contributed by atoms with van der Waals surface area (Å²) < 4.78 is 5.53. The van der Waals surface area contributed by atoms with E-state index in [1.54, 1.807) is 0 Å². The van der Waals surface area contributed by atoms with Crippen LogP contribution in [0.25, 0.3) is 0 Å². The molecule has 1 nitrogen and oxygen atoms in total. The number of hydrogen-bond acceptors (Lipinski definition) is 1. The second-order valence-electron chi connectivity index (χ2n) is 4.49. The Hall–Kier alpha value is 0.177. The Morgan fingerprint density at radius 3 is 1.79 bits per heavy atom. The van der Waals surface area contributed by atoms with Crippen LogP contribution in [-0.2, 0) is 4.43 Å². The standard InChI is InChI=1S/C12H28OSi/c1-4-7-9-12(6-3,11-13-14)10-8-5-2/h4-11H2,1-3,14H3. The average molecular weight is 216 g/mol. The largest absolute Gasteiger partial charge is 0.427 e. The first kappa shape index (κ1) is 14.2. The number of unbranched alkanes of at least 4 members (excludes halogenated alkanes) is 2. The van der Waals surface area contributed by atoms with Gasteiger partial charge < -0.3 is 4.43 Å². The van der Waals surface area contributed by atoms with Crippen LogP contribution >= 0.6 is 0 Å². The fourth-order valence-electron chi connectivity index (χ4n) is 2.13.